The molecule has 2 aromatic carbocycles. The van der Waals surface area contributed by atoms with E-state index in [4.69, 9.17) is 9.47 Å². The second kappa shape index (κ2) is 11.7. The van der Waals surface area contributed by atoms with Gasteiger partial charge in [-0.3, -0.25) is 0 Å². The summed E-state index contributed by atoms with van der Waals surface area (Å²) in [6, 6.07) is 16.8. The van der Waals surface area contributed by atoms with Gasteiger partial charge in [0.1, 0.15) is 0 Å². The zero-order valence-corrected chi connectivity index (χ0v) is 18.1. The Labute approximate surface area is 186 Å². The van der Waals surface area contributed by atoms with E-state index < -0.39 is 6.61 Å². The number of hydrogen-bond acceptors (Lipinski definition) is 4. The van der Waals surface area contributed by atoms with Crippen LogP contribution in [-0.4, -0.2) is 35.5 Å². The van der Waals surface area contributed by atoms with Crippen LogP contribution in [0.5, 0.6) is 11.5 Å². The van der Waals surface area contributed by atoms with Crippen molar-refractivity contribution in [1.29, 1.82) is 0 Å². The molecule has 0 spiro atoms. The topological polar surface area (TPSA) is 72.7 Å². The van der Waals surface area contributed by atoms with E-state index in [0.29, 0.717) is 31.2 Å². The SMILES string of the molecule is CCNC(=NCc1cccc(OCC)c1OC(F)F)NCc1ccn(-c2ccccc2)n1. The summed E-state index contributed by atoms with van der Waals surface area (Å²) in [7, 11) is 0. The van der Waals surface area contributed by atoms with Crippen LogP contribution in [0, 0.1) is 0 Å². The molecule has 0 saturated carbocycles. The summed E-state index contributed by atoms with van der Waals surface area (Å²) in [5.41, 5.74) is 2.31. The van der Waals surface area contributed by atoms with Gasteiger partial charge in [0.15, 0.2) is 17.5 Å². The van der Waals surface area contributed by atoms with Crippen LogP contribution in [0.1, 0.15) is 25.1 Å². The maximum absolute atomic E-state index is 12.9. The highest BCUT2D eigenvalue weighted by Gasteiger charge is 2.15. The summed E-state index contributed by atoms with van der Waals surface area (Å²) in [6.45, 7) is 2.34. The lowest BCUT2D eigenvalue weighted by molar-refractivity contribution is -0.0520. The highest BCUT2D eigenvalue weighted by molar-refractivity contribution is 5.79. The van der Waals surface area contributed by atoms with Gasteiger partial charge in [0.05, 0.1) is 31.1 Å². The van der Waals surface area contributed by atoms with Gasteiger partial charge in [0.25, 0.3) is 0 Å². The number of nitrogens with zero attached hydrogens (tertiary/aromatic N) is 3. The number of aromatic nitrogens is 2. The molecular weight excluding hydrogens is 416 g/mol. The molecular formula is C23H27F2N5O2. The first-order valence-electron chi connectivity index (χ1n) is 10.4. The quantitative estimate of drug-likeness (QED) is 0.364. The Balaban J connectivity index is 1.70. The number of rotatable bonds is 10. The Morgan fingerprint density at radius 1 is 1.06 bits per heavy atom. The zero-order chi connectivity index (χ0) is 22.8. The smallest absolute Gasteiger partial charge is 0.387 e. The van der Waals surface area contributed by atoms with E-state index in [0.717, 1.165) is 11.4 Å². The minimum atomic E-state index is -2.95. The average molecular weight is 443 g/mol. The van der Waals surface area contributed by atoms with Gasteiger partial charge in [-0.05, 0) is 38.1 Å². The highest BCUT2D eigenvalue weighted by Crippen LogP contribution is 2.33. The molecule has 0 radical (unpaired) electrons. The Morgan fingerprint density at radius 3 is 2.59 bits per heavy atom. The summed E-state index contributed by atoms with van der Waals surface area (Å²) in [4.78, 5) is 4.51. The fourth-order valence-electron chi connectivity index (χ4n) is 3.04. The van der Waals surface area contributed by atoms with Crippen LogP contribution in [0.15, 0.2) is 65.8 Å². The Morgan fingerprint density at radius 2 is 1.88 bits per heavy atom. The van der Waals surface area contributed by atoms with Crippen molar-refractivity contribution < 1.29 is 18.3 Å². The maximum atomic E-state index is 12.9. The van der Waals surface area contributed by atoms with Gasteiger partial charge in [0.2, 0.25) is 0 Å². The van der Waals surface area contributed by atoms with E-state index in [1.807, 2.05) is 49.5 Å². The molecule has 0 unspecified atom stereocenters. The van der Waals surface area contributed by atoms with Gasteiger partial charge < -0.3 is 20.1 Å². The van der Waals surface area contributed by atoms with Gasteiger partial charge in [-0.1, -0.05) is 30.3 Å². The van der Waals surface area contributed by atoms with Crippen molar-refractivity contribution in [2.24, 2.45) is 4.99 Å². The predicted octanol–water partition coefficient (Wildman–Crippen LogP) is 4.13. The van der Waals surface area contributed by atoms with E-state index in [-0.39, 0.29) is 18.0 Å². The lowest BCUT2D eigenvalue weighted by Crippen LogP contribution is -2.36. The molecule has 170 valence electrons. The lowest BCUT2D eigenvalue weighted by atomic mass is 10.2. The molecule has 0 bridgehead atoms. The number of ether oxygens (including phenoxy) is 2. The number of nitrogens with one attached hydrogen (secondary N) is 2. The van der Waals surface area contributed by atoms with Crippen LogP contribution in [0.2, 0.25) is 0 Å². The summed E-state index contributed by atoms with van der Waals surface area (Å²) >= 11 is 0. The minimum Gasteiger partial charge on any atom is -0.490 e. The van der Waals surface area contributed by atoms with Gasteiger partial charge in [-0.15, -0.1) is 0 Å². The first kappa shape index (κ1) is 23.1. The number of guanidine groups is 1. The van der Waals surface area contributed by atoms with Crippen molar-refractivity contribution in [3.8, 4) is 17.2 Å². The molecule has 0 aliphatic carbocycles. The molecule has 0 aliphatic heterocycles. The molecule has 9 heteroatoms. The summed E-state index contributed by atoms with van der Waals surface area (Å²) in [5.74, 6) is 0.807. The number of hydrogen-bond donors (Lipinski definition) is 2. The number of halogens is 2. The third kappa shape index (κ3) is 6.44. The number of para-hydroxylation sites is 2. The Bertz CT molecular complexity index is 1010. The molecule has 1 heterocycles. The summed E-state index contributed by atoms with van der Waals surface area (Å²) < 4.78 is 37.8. The third-order valence-electron chi connectivity index (χ3n) is 4.42. The number of aliphatic imine (C=N–C) groups is 1. The normalized spacial score (nSPS) is 11.5. The predicted molar refractivity (Wildman–Crippen MR) is 119 cm³/mol. The van der Waals surface area contributed by atoms with Gasteiger partial charge in [-0.2, -0.15) is 13.9 Å². The van der Waals surface area contributed by atoms with Crippen LogP contribution >= 0.6 is 0 Å². The standard InChI is InChI=1S/C23H27F2N5O2/c1-3-26-23(28-16-18-13-14-30(29-18)19-10-6-5-7-11-19)27-15-17-9-8-12-20(31-4-2)21(17)32-22(24)25/h5-14,22H,3-4,15-16H2,1-2H3,(H2,26,27,28). The first-order valence-corrected chi connectivity index (χ1v) is 10.4. The number of benzene rings is 2. The molecule has 1 aromatic heterocycles. The fourth-order valence-corrected chi connectivity index (χ4v) is 3.04. The van der Waals surface area contributed by atoms with Crippen molar-refractivity contribution >= 4 is 5.96 Å². The van der Waals surface area contributed by atoms with Crippen molar-refractivity contribution in [2.75, 3.05) is 13.2 Å². The van der Waals surface area contributed by atoms with Crippen LogP contribution < -0.4 is 20.1 Å². The van der Waals surface area contributed by atoms with E-state index in [9.17, 15) is 8.78 Å². The van der Waals surface area contributed by atoms with Crippen LogP contribution in [0.25, 0.3) is 5.69 Å². The molecule has 32 heavy (non-hydrogen) atoms. The lowest BCUT2D eigenvalue weighted by Gasteiger charge is -2.15. The summed E-state index contributed by atoms with van der Waals surface area (Å²) in [6.07, 6.45) is 1.89. The molecule has 7 nitrogen and oxygen atoms in total. The van der Waals surface area contributed by atoms with E-state index >= 15 is 0 Å². The highest BCUT2D eigenvalue weighted by atomic mass is 19.3. The largest absolute Gasteiger partial charge is 0.490 e. The molecule has 0 saturated heterocycles. The second-order valence-electron chi connectivity index (χ2n) is 6.69. The third-order valence-corrected chi connectivity index (χ3v) is 4.42. The molecule has 0 amide bonds. The van der Waals surface area contributed by atoms with Crippen LogP contribution in [-0.2, 0) is 13.1 Å². The van der Waals surface area contributed by atoms with Crippen LogP contribution in [0.3, 0.4) is 0 Å². The molecule has 0 aliphatic rings. The van der Waals surface area contributed by atoms with Gasteiger partial charge >= 0.3 is 6.61 Å². The summed E-state index contributed by atoms with van der Waals surface area (Å²) in [5, 5.41) is 10.9. The van der Waals surface area contributed by atoms with Gasteiger partial charge in [-0.25, -0.2) is 9.67 Å². The monoisotopic (exact) mass is 443 g/mol. The van der Waals surface area contributed by atoms with Crippen LogP contribution in [0.4, 0.5) is 8.78 Å². The Hall–Kier alpha value is -3.62. The van der Waals surface area contributed by atoms with E-state index in [1.165, 1.54) is 0 Å². The molecule has 3 rings (SSSR count). The average Bonchev–Trinajstić information content (AvgIpc) is 3.27. The number of alkyl halides is 2. The van der Waals surface area contributed by atoms with E-state index in [1.54, 1.807) is 29.8 Å². The first-order chi connectivity index (χ1) is 15.6. The second-order valence-corrected chi connectivity index (χ2v) is 6.69. The van der Waals surface area contributed by atoms with Crippen molar-refractivity contribution in [3.05, 3.63) is 72.1 Å². The van der Waals surface area contributed by atoms with Crippen molar-refractivity contribution in [2.45, 2.75) is 33.5 Å². The minimum absolute atomic E-state index is 0.00514. The van der Waals surface area contributed by atoms with Gasteiger partial charge in [0, 0.05) is 18.3 Å². The molecule has 0 atom stereocenters. The maximum Gasteiger partial charge on any atom is 0.387 e. The van der Waals surface area contributed by atoms with E-state index in [2.05, 4.69) is 20.7 Å². The van der Waals surface area contributed by atoms with Crippen molar-refractivity contribution in [1.82, 2.24) is 20.4 Å². The fraction of sp³-hybridized carbons (Fsp3) is 0.304. The molecule has 2 N–H and O–H groups in total. The zero-order valence-electron chi connectivity index (χ0n) is 18.1. The molecule has 3 aromatic rings. The molecule has 0 fully saturated rings. The van der Waals surface area contributed by atoms with Crippen molar-refractivity contribution in [3.63, 3.8) is 0 Å². The Kier molecular flexibility index (Phi) is 8.42.